The summed E-state index contributed by atoms with van der Waals surface area (Å²) in [6, 6.07) is 7.88. The van der Waals surface area contributed by atoms with Gasteiger partial charge >= 0.3 is 0 Å². The summed E-state index contributed by atoms with van der Waals surface area (Å²) in [5, 5.41) is 11.7. The lowest BCUT2D eigenvalue weighted by atomic mass is 10.1. The van der Waals surface area contributed by atoms with Crippen LogP contribution < -0.4 is 5.32 Å². The van der Waals surface area contributed by atoms with E-state index in [4.69, 9.17) is 5.11 Å². The Kier molecular flexibility index (Phi) is 7.15. The van der Waals surface area contributed by atoms with Gasteiger partial charge in [-0.3, -0.25) is 9.69 Å². The van der Waals surface area contributed by atoms with Gasteiger partial charge in [0.1, 0.15) is 0 Å². The Balaban J connectivity index is 2.69. The van der Waals surface area contributed by atoms with Gasteiger partial charge in [0.05, 0.1) is 0 Å². The highest BCUT2D eigenvalue weighted by molar-refractivity contribution is 5.91. The van der Waals surface area contributed by atoms with Crippen LogP contribution in [-0.2, 0) is 11.3 Å². The van der Waals surface area contributed by atoms with Crippen molar-refractivity contribution in [3.8, 4) is 0 Å². The Bertz CT molecular complexity index is 389. The number of para-hydroxylation sites is 1. The van der Waals surface area contributed by atoms with Gasteiger partial charge in [0.15, 0.2) is 0 Å². The largest absolute Gasteiger partial charge is 0.396 e. The molecule has 0 radical (unpaired) electrons. The maximum Gasteiger partial charge on any atom is 0.224 e. The number of benzene rings is 1. The number of hydrogen-bond donors (Lipinski definition) is 2. The zero-order valence-corrected chi connectivity index (χ0v) is 11.9. The van der Waals surface area contributed by atoms with Gasteiger partial charge in [-0.05, 0) is 31.1 Å². The molecule has 0 aliphatic carbocycles. The maximum atomic E-state index is 11.7. The molecule has 0 spiro atoms. The van der Waals surface area contributed by atoms with Crippen molar-refractivity contribution in [2.75, 3.05) is 25.0 Å². The first-order valence-electron chi connectivity index (χ1n) is 6.92. The first kappa shape index (κ1) is 15.7. The van der Waals surface area contributed by atoms with Crippen LogP contribution >= 0.6 is 0 Å². The second-order valence-electron chi connectivity index (χ2n) is 4.49. The van der Waals surface area contributed by atoms with Crippen LogP contribution in [0.15, 0.2) is 24.3 Å². The molecule has 0 aliphatic heterocycles. The zero-order chi connectivity index (χ0) is 14.1. The van der Waals surface area contributed by atoms with E-state index in [0.717, 1.165) is 30.9 Å². The van der Waals surface area contributed by atoms with Crippen molar-refractivity contribution in [3.05, 3.63) is 29.8 Å². The van der Waals surface area contributed by atoms with E-state index >= 15 is 0 Å². The Labute approximate surface area is 115 Å². The summed E-state index contributed by atoms with van der Waals surface area (Å²) < 4.78 is 0. The molecule has 19 heavy (non-hydrogen) atoms. The number of anilines is 1. The van der Waals surface area contributed by atoms with Gasteiger partial charge in [0.2, 0.25) is 5.91 Å². The smallest absolute Gasteiger partial charge is 0.224 e. The van der Waals surface area contributed by atoms with Crippen LogP contribution in [0, 0.1) is 0 Å². The maximum absolute atomic E-state index is 11.7. The minimum atomic E-state index is -0.0407. The lowest BCUT2D eigenvalue weighted by Crippen LogP contribution is -2.23. The zero-order valence-electron chi connectivity index (χ0n) is 11.9. The first-order chi connectivity index (χ1) is 9.21. The van der Waals surface area contributed by atoms with Crippen molar-refractivity contribution >= 4 is 11.6 Å². The Hall–Kier alpha value is -1.39. The molecular weight excluding hydrogens is 240 g/mol. The molecule has 0 saturated carbocycles. The summed E-state index contributed by atoms with van der Waals surface area (Å²) in [5.41, 5.74) is 2.00. The number of nitrogens with zero attached hydrogens (tertiary/aromatic N) is 1. The predicted octanol–water partition coefficient (Wildman–Crippen LogP) is 2.24. The Morgan fingerprint density at radius 1 is 1.26 bits per heavy atom. The van der Waals surface area contributed by atoms with Crippen LogP contribution in [0.2, 0.25) is 0 Å². The summed E-state index contributed by atoms with van der Waals surface area (Å²) >= 11 is 0. The van der Waals surface area contributed by atoms with E-state index in [9.17, 15) is 4.79 Å². The molecule has 1 aromatic carbocycles. The predicted molar refractivity (Wildman–Crippen MR) is 78.0 cm³/mol. The second kappa shape index (κ2) is 8.67. The van der Waals surface area contributed by atoms with Gasteiger partial charge < -0.3 is 10.4 Å². The normalized spacial score (nSPS) is 10.7. The van der Waals surface area contributed by atoms with Crippen LogP contribution in [0.4, 0.5) is 5.69 Å². The molecule has 0 aliphatic rings. The summed E-state index contributed by atoms with van der Waals surface area (Å²) in [6.07, 6.45) is 0.861. The molecule has 0 heterocycles. The fourth-order valence-electron chi connectivity index (χ4n) is 1.92. The van der Waals surface area contributed by atoms with Gasteiger partial charge in [-0.2, -0.15) is 0 Å². The molecule has 4 nitrogen and oxygen atoms in total. The Morgan fingerprint density at radius 2 is 1.95 bits per heavy atom. The highest BCUT2D eigenvalue weighted by atomic mass is 16.3. The minimum absolute atomic E-state index is 0.0407. The molecule has 0 aromatic heterocycles. The summed E-state index contributed by atoms with van der Waals surface area (Å²) in [4.78, 5) is 14.0. The highest BCUT2D eigenvalue weighted by Gasteiger charge is 2.08. The molecule has 0 fully saturated rings. The molecular formula is C15H24N2O2. The van der Waals surface area contributed by atoms with Crippen molar-refractivity contribution in [2.24, 2.45) is 0 Å². The van der Waals surface area contributed by atoms with Crippen LogP contribution in [0.3, 0.4) is 0 Å². The summed E-state index contributed by atoms with van der Waals surface area (Å²) in [5.74, 6) is -0.0407. The van der Waals surface area contributed by atoms with Crippen molar-refractivity contribution in [3.63, 3.8) is 0 Å². The van der Waals surface area contributed by atoms with Crippen molar-refractivity contribution < 1.29 is 9.90 Å². The molecule has 0 bridgehead atoms. The number of nitrogens with one attached hydrogen (secondary N) is 1. The van der Waals surface area contributed by atoms with E-state index in [1.165, 1.54) is 0 Å². The van der Waals surface area contributed by atoms with E-state index in [2.05, 4.69) is 24.1 Å². The van der Waals surface area contributed by atoms with Crippen molar-refractivity contribution in [2.45, 2.75) is 33.2 Å². The molecule has 0 saturated heterocycles. The number of carbonyl (C=O) groups is 1. The molecule has 0 atom stereocenters. The number of carbonyl (C=O) groups excluding carboxylic acids is 1. The SMILES string of the molecule is CCN(CC)Cc1ccccc1NC(=O)CCCO. The molecule has 1 amide bonds. The quantitative estimate of drug-likeness (QED) is 0.757. The monoisotopic (exact) mass is 264 g/mol. The Morgan fingerprint density at radius 3 is 2.58 bits per heavy atom. The van der Waals surface area contributed by atoms with Gasteiger partial charge in [-0.1, -0.05) is 32.0 Å². The molecule has 4 heteroatoms. The molecule has 0 unspecified atom stereocenters. The average molecular weight is 264 g/mol. The van der Waals surface area contributed by atoms with Gasteiger partial charge in [-0.25, -0.2) is 0 Å². The molecule has 106 valence electrons. The van der Waals surface area contributed by atoms with Crippen molar-refractivity contribution in [1.82, 2.24) is 4.90 Å². The minimum Gasteiger partial charge on any atom is -0.396 e. The van der Waals surface area contributed by atoms with E-state index in [1.54, 1.807) is 0 Å². The third kappa shape index (κ3) is 5.41. The number of hydrogen-bond acceptors (Lipinski definition) is 3. The van der Waals surface area contributed by atoms with Gasteiger partial charge in [-0.15, -0.1) is 0 Å². The molecule has 1 rings (SSSR count). The van der Waals surface area contributed by atoms with Crippen LogP contribution in [0.25, 0.3) is 0 Å². The lowest BCUT2D eigenvalue weighted by Gasteiger charge is -2.20. The van der Waals surface area contributed by atoms with Gasteiger partial charge in [0.25, 0.3) is 0 Å². The van der Waals surface area contributed by atoms with Gasteiger partial charge in [0, 0.05) is 25.3 Å². The topological polar surface area (TPSA) is 52.6 Å². The van der Waals surface area contributed by atoms with Crippen molar-refractivity contribution in [1.29, 1.82) is 0 Å². The number of amides is 1. The number of aliphatic hydroxyl groups is 1. The summed E-state index contributed by atoms with van der Waals surface area (Å²) in [7, 11) is 0. The van der Waals surface area contributed by atoms with E-state index < -0.39 is 0 Å². The highest BCUT2D eigenvalue weighted by Crippen LogP contribution is 2.17. The fourth-order valence-corrected chi connectivity index (χ4v) is 1.92. The van der Waals surface area contributed by atoms with E-state index in [1.807, 2.05) is 24.3 Å². The molecule has 2 N–H and O–H groups in total. The van der Waals surface area contributed by atoms with Crippen LogP contribution in [0.5, 0.6) is 0 Å². The van der Waals surface area contributed by atoms with Crippen LogP contribution in [0.1, 0.15) is 32.3 Å². The van der Waals surface area contributed by atoms with E-state index in [0.29, 0.717) is 12.8 Å². The fraction of sp³-hybridized carbons (Fsp3) is 0.533. The van der Waals surface area contributed by atoms with E-state index in [-0.39, 0.29) is 12.5 Å². The average Bonchev–Trinajstić information content (AvgIpc) is 2.44. The standard InChI is InChI=1S/C15H24N2O2/c1-3-17(4-2)12-13-8-5-6-9-14(13)16-15(19)10-7-11-18/h5-6,8-9,18H,3-4,7,10-12H2,1-2H3,(H,16,19). The first-order valence-corrected chi connectivity index (χ1v) is 6.92. The third-order valence-corrected chi connectivity index (χ3v) is 3.14. The third-order valence-electron chi connectivity index (χ3n) is 3.14. The summed E-state index contributed by atoms with van der Waals surface area (Å²) in [6.45, 7) is 7.13. The van der Waals surface area contributed by atoms with Crippen LogP contribution in [-0.4, -0.2) is 35.6 Å². The lowest BCUT2D eigenvalue weighted by molar-refractivity contribution is -0.116. The molecule has 1 aromatic rings. The second-order valence-corrected chi connectivity index (χ2v) is 4.49. The number of aliphatic hydroxyl groups excluding tert-OH is 1. The number of rotatable bonds is 8.